The minimum absolute atomic E-state index is 0.217. The van der Waals surface area contributed by atoms with Crippen LogP contribution in [0.3, 0.4) is 0 Å². The number of hydrogen-bond donors (Lipinski definition) is 0. The second-order valence-electron chi connectivity index (χ2n) is 4.37. The van der Waals surface area contributed by atoms with Gasteiger partial charge in [-0.3, -0.25) is 4.57 Å². The fourth-order valence-corrected chi connectivity index (χ4v) is 2.69. The molecule has 0 aliphatic heterocycles. The van der Waals surface area contributed by atoms with Crippen LogP contribution in [0.15, 0.2) is 53.0 Å². The average molecular weight is 367 g/mol. The molecule has 0 aliphatic carbocycles. The minimum atomic E-state index is -0.330. The fourth-order valence-electron chi connectivity index (χ4n) is 2.09. The van der Waals surface area contributed by atoms with Crippen LogP contribution in [-0.4, -0.2) is 14.8 Å². The molecular formula is C15H10BrClFN3. The summed E-state index contributed by atoms with van der Waals surface area (Å²) in [5, 5.41) is 8.26. The van der Waals surface area contributed by atoms with Crippen molar-refractivity contribution in [3.8, 4) is 17.1 Å². The molecule has 0 atom stereocenters. The van der Waals surface area contributed by atoms with E-state index in [1.165, 1.54) is 12.1 Å². The Morgan fingerprint density at radius 1 is 1.10 bits per heavy atom. The van der Waals surface area contributed by atoms with Gasteiger partial charge in [0, 0.05) is 15.7 Å². The average Bonchev–Trinajstić information content (AvgIpc) is 2.94. The molecule has 0 bridgehead atoms. The summed E-state index contributed by atoms with van der Waals surface area (Å²) in [7, 11) is 0. The Kier molecular flexibility index (Phi) is 4.03. The lowest BCUT2D eigenvalue weighted by Crippen LogP contribution is -2.02. The Morgan fingerprint density at radius 3 is 2.57 bits per heavy atom. The molecule has 6 heteroatoms. The van der Waals surface area contributed by atoms with Crippen molar-refractivity contribution in [3.05, 3.63) is 64.6 Å². The second kappa shape index (κ2) is 5.95. The third-order valence-electron chi connectivity index (χ3n) is 3.03. The van der Waals surface area contributed by atoms with Crippen molar-refractivity contribution in [2.45, 2.75) is 5.88 Å². The summed E-state index contributed by atoms with van der Waals surface area (Å²) >= 11 is 9.37. The number of aromatic nitrogens is 3. The predicted octanol–water partition coefficient (Wildman–Crippen LogP) is 4.57. The number of hydrogen-bond acceptors (Lipinski definition) is 2. The molecule has 0 amide bonds. The van der Waals surface area contributed by atoms with Gasteiger partial charge in [-0.1, -0.05) is 34.1 Å². The van der Waals surface area contributed by atoms with Gasteiger partial charge in [-0.15, -0.1) is 21.8 Å². The number of rotatable bonds is 3. The first-order valence-corrected chi connectivity index (χ1v) is 7.54. The van der Waals surface area contributed by atoms with E-state index in [9.17, 15) is 4.39 Å². The first-order chi connectivity index (χ1) is 10.2. The molecule has 0 saturated carbocycles. The highest BCUT2D eigenvalue weighted by atomic mass is 79.9. The smallest absolute Gasteiger partial charge is 0.169 e. The maximum Gasteiger partial charge on any atom is 0.169 e. The monoisotopic (exact) mass is 365 g/mol. The number of para-hydroxylation sites is 1. The van der Waals surface area contributed by atoms with E-state index in [0.717, 1.165) is 10.2 Å². The molecule has 3 aromatic rings. The Hall–Kier alpha value is -1.72. The molecule has 0 unspecified atom stereocenters. The lowest BCUT2D eigenvalue weighted by Gasteiger charge is -2.10. The van der Waals surface area contributed by atoms with Gasteiger partial charge in [0.25, 0.3) is 0 Å². The van der Waals surface area contributed by atoms with Gasteiger partial charge in [-0.25, -0.2) is 4.39 Å². The van der Waals surface area contributed by atoms with Crippen LogP contribution in [-0.2, 0) is 5.88 Å². The van der Waals surface area contributed by atoms with Crippen molar-refractivity contribution < 1.29 is 4.39 Å². The molecule has 1 heterocycles. The van der Waals surface area contributed by atoms with E-state index in [1.54, 1.807) is 6.07 Å². The summed E-state index contributed by atoms with van der Waals surface area (Å²) in [6, 6.07) is 14.1. The topological polar surface area (TPSA) is 30.7 Å². The molecule has 0 saturated heterocycles. The molecule has 106 valence electrons. The molecule has 3 rings (SSSR count). The van der Waals surface area contributed by atoms with Crippen LogP contribution < -0.4 is 0 Å². The summed E-state index contributed by atoms with van der Waals surface area (Å²) in [6.07, 6.45) is 0. The summed E-state index contributed by atoms with van der Waals surface area (Å²) in [6.45, 7) is 0. The summed E-state index contributed by atoms with van der Waals surface area (Å²) in [5.41, 5.74) is 1.51. The molecule has 0 fully saturated rings. The Morgan fingerprint density at radius 2 is 1.86 bits per heavy atom. The van der Waals surface area contributed by atoms with Crippen LogP contribution in [0.2, 0.25) is 0 Å². The summed E-state index contributed by atoms with van der Waals surface area (Å²) in [5.74, 6) is 1.04. The first kappa shape index (κ1) is 14.2. The molecule has 0 aliphatic rings. The molecule has 0 spiro atoms. The Labute approximate surface area is 134 Å². The van der Waals surface area contributed by atoms with Gasteiger partial charge in [-0.05, 0) is 30.3 Å². The third kappa shape index (κ3) is 2.71. The number of halogens is 3. The molecule has 1 aromatic heterocycles. The van der Waals surface area contributed by atoms with Crippen LogP contribution in [0.1, 0.15) is 5.82 Å². The van der Waals surface area contributed by atoms with E-state index < -0.39 is 0 Å². The normalized spacial score (nSPS) is 10.8. The van der Waals surface area contributed by atoms with E-state index in [1.807, 2.05) is 34.9 Å². The summed E-state index contributed by atoms with van der Waals surface area (Å²) < 4.78 is 16.1. The van der Waals surface area contributed by atoms with Gasteiger partial charge >= 0.3 is 0 Å². The van der Waals surface area contributed by atoms with Gasteiger partial charge in [0.05, 0.1) is 5.88 Å². The maximum atomic E-state index is 13.6. The highest BCUT2D eigenvalue weighted by Crippen LogP contribution is 2.30. The minimum Gasteiger partial charge on any atom is -0.278 e. The van der Waals surface area contributed by atoms with E-state index in [4.69, 9.17) is 11.6 Å². The highest BCUT2D eigenvalue weighted by Gasteiger charge is 2.17. The Balaban J connectivity index is 2.25. The zero-order valence-corrected chi connectivity index (χ0v) is 13.1. The SMILES string of the molecule is Fc1ccc(Br)c(-c2nnc(CCl)n2-c2ccccc2)c1. The van der Waals surface area contributed by atoms with Gasteiger partial charge < -0.3 is 0 Å². The molecule has 0 N–H and O–H groups in total. The number of alkyl halides is 1. The van der Waals surface area contributed by atoms with E-state index in [0.29, 0.717) is 17.2 Å². The molecular weight excluding hydrogens is 357 g/mol. The lowest BCUT2D eigenvalue weighted by molar-refractivity contribution is 0.628. The van der Waals surface area contributed by atoms with Crippen molar-refractivity contribution in [1.29, 1.82) is 0 Å². The van der Waals surface area contributed by atoms with Gasteiger partial charge in [0.2, 0.25) is 0 Å². The predicted molar refractivity (Wildman–Crippen MR) is 84.0 cm³/mol. The second-order valence-corrected chi connectivity index (χ2v) is 5.49. The summed E-state index contributed by atoms with van der Waals surface area (Å²) in [4.78, 5) is 0. The van der Waals surface area contributed by atoms with Crippen LogP contribution in [0.25, 0.3) is 17.1 Å². The van der Waals surface area contributed by atoms with Crippen molar-refractivity contribution >= 4 is 27.5 Å². The van der Waals surface area contributed by atoms with Crippen LogP contribution in [0.5, 0.6) is 0 Å². The van der Waals surface area contributed by atoms with E-state index >= 15 is 0 Å². The number of nitrogens with zero attached hydrogens (tertiary/aromatic N) is 3. The van der Waals surface area contributed by atoms with E-state index in [2.05, 4.69) is 26.1 Å². The third-order valence-corrected chi connectivity index (χ3v) is 3.96. The maximum absolute atomic E-state index is 13.6. The van der Waals surface area contributed by atoms with E-state index in [-0.39, 0.29) is 11.7 Å². The van der Waals surface area contributed by atoms with Crippen LogP contribution >= 0.6 is 27.5 Å². The first-order valence-electron chi connectivity index (χ1n) is 6.22. The molecule has 2 aromatic carbocycles. The van der Waals surface area contributed by atoms with Gasteiger partial charge in [-0.2, -0.15) is 0 Å². The van der Waals surface area contributed by atoms with Crippen molar-refractivity contribution in [3.63, 3.8) is 0 Å². The number of benzene rings is 2. The molecule has 0 radical (unpaired) electrons. The largest absolute Gasteiger partial charge is 0.278 e. The van der Waals surface area contributed by atoms with Gasteiger partial charge in [0.1, 0.15) is 5.82 Å². The van der Waals surface area contributed by atoms with Gasteiger partial charge in [0.15, 0.2) is 11.6 Å². The van der Waals surface area contributed by atoms with Crippen LogP contribution in [0, 0.1) is 5.82 Å². The molecule has 3 nitrogen and oxygen atoms in total. The van der Waals surface area contributed by atoms with Crippen LogP contribution in [0.4, 0.5) is 4.39 Å². The van der Waals surface area contributed by atoms with Crippen molar-refractivity contribution in [2.24, 2.45) is 0 Å². The lowest BCUT2D eigenvalue weighted by atomic mass is 10.2. The zero-order valence-electron chi connectivity index (χ0n) is 10.8. The quantitative estimate of drug-likeness (QED) is 0.636. The highest BCUT2D eigenvalue weighted by molar-refractivity contribution is 9.10. The molecule has 21 heavy (non-hydrogen) atoms. The Bertz CT molecular complexity index is 774. The standard InChI is InChI=1S/C15H10BrClFN3/c16-13-7-6-10(18)8-12(13)15-20-19-14(9-17)21(15)11-4-2-1-3-5-11/h1-8H,9H2. The fraction of sp³-hybridized carbons (Fsp3) is 0.0667. The zero-order chi connectivity index (χ0) is 14.8. The van der Waals surface area contributed by atoms with Crippen molar-refractivity contribution in [1.82, 2.24) is 14.8 Å². The van der Waals surface area contributed by atoms with Crippen molar-refractivity contribution in [2.75, 3.05) is 0 Å².